The van der Waals surface area contributed by atoms with Crippen molar-refractivity contribution >= 4 is 40.1 Å². The lowest BCUT2D eigenvalue weighted by molar-refractivity contribution is -0.121. The van der Waals surface area contributed by atoms with Crippen LogP contribution in [0.3, 0.4) is 0 Å². The molecule has 1 fully saturated rings. The number of nitriles is 1. The van der Waals surface area contributed by atoms with Gasteiger partial charge in [-0.15, -0.1) is 0 Å². The van der Waals surface area contributed by atoms with Crippen LogP contribution in [0.2, 0.25) is 5.02 Å². The molecule has 3 aromatic carbocycles. The van der Waals surface area contributed by atoms with Gasteiger partial charge in [0.1, 0.15) is 17.9 Å². The number of likely N-dealkylation sites (tertiary alicyclic amines) is 1. The molecule has 10 heteroatoms. The number of carbonyl (C=O) groups excluding carboxylic acids is 2. The summed E-state index contributed by atoms with van der Waals surface area (Å²) >= 11 is 6.42. The van der Waals surface area contributed by atoms with E-state index >= 15 is 0 Å². The van der Waals surface area contributed by atoms with Crippen molar-refractivity contribution < 1.29 is 14.3 Å². The number of urea groups is 1. The molecule has 1 aromatic heterocycles. The summed E-state index contributed by atoms with van der Waals surface area (Å²) in [5, 5.41) is 13.9. The number of hydrogen-bond acceptors (Lipinski definition) is 5. The number of benzene rings is 3. The highest BCUT2D eigenvalue weighted by Gasteiger charge is 2.38. The summed E-state index contributed by atoms with van der Waals surface area (Å²) in [7, 11) is 4.08. The van der Waals surface area contributed by atoms with Gasteiger partial charge < -0.3 is 29.7 Å². The first-order chi connectivity index (χ1) is 22.7. The zero-order valence-electron chi connectivity index (χ0n) is 27.1. The van der Waals surface area contributed by atoms with Gasteiger partial charge in [-0.05, 0) is 86.1 Å². The lowest BCUT2D eigenvalue weighted by atomic mass is 9.88. The molecule has 3 amide bonds. The van der Waals surface area contributed by atoms with E-state index in [0.717, 1.165) is 40.7 Å². The Morgan fingerprint density at radius 1 is 1.11 bits per heavy atom. The molecule has 0 aliphatic carbocycles. The molecule has 244 valence electrons. The predicted molar refractivity (Wildman–Crippen MR) is 185 cm³/mol. The smallest absolute Gasteiger partial charge is 0.318 e. The van der Waals surface area contributed by atoms with E-state index in [1.807, 2.05) is 74.6 Å². The van der Waals surface area contributed by atoms with Crippen molar-refractivity contribution in [3.05, 3.63) is 94.6 Å². The molecule has 2 unspecified atom stereocenters. The maximum Gasteiger partial charge on any atom is 0.318 e. The van der Waals surface area contributed by atoms with Crippen molar-refractivity contribution in [1.82, 2.24) is 20.1 Å². The number of H-pyrrole nitrogens is 1. The number of nitrogens with one attached hydrogen (secondary N) is 2. The van der Waals surface area contributed by atoms with Gasteiger partial charge in [0, 0.05) is 72.7 Å². The Bertz CT molecular complexity index is 1770. The maximum atomic E-state index is 14.8. The Morgan fingerprint density at radius 3 is 2.57 bits per heavy atom. The first kappa shape index (κ1) is 32.4. The fourth-order valence-corrected chi connectivity index (χ4v) is 7.18. The molecule has 2 N–H and O–H groups in total. The third kappa shape index (κ3) is 7.24. The Kier molecular flexibility index (Phi) is 9.71. The number of halogens is 1. The molecule has 9 nitrogen and oxygen atoms in total. The Labute approximate surface area is 281 Å². The zero-order valence-corrected chi connectivity index (χ0v) is 27.8. The molecular formula is C37H41ClN6O3. The largest absolute Gasteiger partial charge is 0.490 e. The fraction of sp³-hybridized carbons (Fsp3) is 0.378. The van der Waals surface area contributed by atoms with Crippen LogP contribution >= 0.6 is 11.6 Å². The van der Waals surface area contributed by atoms with Crippen LogP contribution in [-0.4, -0.2) is 79.1 Å². The molecule has 0 saturated carbocycles. The van der Waals surface area contributed by atoms with Crippen LogP contribution in [0.4, 0.5) is 10.5 Å². The highest BCUT2D eigenvalue weighted by molar-refractivity contribution is 6.30. The van der Waals surface area contributed by atoms with Gasteiger partial charge in [0.15, 0.2) is 0 Å². The van der Waals surface area contributed by atoms with Gasteiger partial charge in [-0.1, -0.05) is 36.7 Å². The van der Waals surface area contributed by atoms with Gasteiger partial charge in [0.2, 0.25) is 5.91 Å². The van der Waals surface area contributed by atoms with E-state index in [4.69, 9.17) is 21.6 Å². The van der Waals surface area contributed by atoms with Crippen molar-refractivity contribution in [3.63, 3.8) is 0 Å². The summed E-state index contributed by atoms with van der Waals surface area (Å²) in [4.78, 5) is 37.8. The second-order valence-electron chi connectivity index (χ2n) is 13.0. The van der Waals surface area contributed by atoms with E-state index in [-0.39, 0.29) is 29.9 Å². The van der Waals surface area contributed by atoms with Crippen LogP contribution < -0.4 is 15.0 Å². The minimum atomic E-state index is -0.809. The van der Waals surface area contributed by atoms with E-state index in [0.29, 0.717) is 48.8 Å². The number of aromatic nitrogens is 1. The van der Waals surface area contributed by atoms with Crippen molar-refractivity contribution in [1.29, 1.82) is 5.26 Å². The summed E-state index contributed by atoms with van der Waals surface area (Å²) in [6, 6.07) is 21.9. The highest BCUT2D eigenvalue weighted by Crippen LogP contribution is 2.35. The van der Waals surface area contributed by atoms with Crippen LogP contribution in [0.5, 0.6) is 5.75 Å². The molecule has 2 aliphatic rings. The number of amides is 3. The molecule has 3 atom stereocenters. The number of anilines is 1. The Morgan fingerprint density at radius 2 is 1.85 bits per heavy atom. The maximum absolute atomic E-state index is 14.8. The SMILES string of the molecule is CC(c1c[nH]c2ccccc12)C(NC(=O)N1CCC(Oc2ccc(C#N)cc2)CC1)C(=O)N1C[C@@H](CN(C)C)Cc2cc(Cl)ccc21. The molecule has 1 saturated heterocycles. The summed E-state index contributed by atoms with van der Waals surface area (Å²) in [6.45, 7) is 4.40. The number of hydrogen-bond donors (Lipinski definition) is 2. The standard InChI is InChI=1S/C37H41ClN6O3/c1-24(32-21-40-33-7-5-4-6-31(32)33)35(36(45)44-23-26(22-42(2)3)18-27-19-28(38)10-13-34(27)44)41-37(46)43-16-14-30(15-17-43)47-29-11-8-25(20-39)9-12-29/h4-13,19,21,24,26,30,35,40H,14-18,22-23H2,1-3H3,(H,41,46)/t24?,26-,35?/m1/s1. The van der Waals surface area contributed by atoms with E-state index < -0.39 is 6.04 Å². The van der Waals surface area contributed by atoms with Crippen molar-refractivity contribution in [3.8, 4) is 11.8 Å². The Hall–Kier alpha value is -4.52. The number of para-hydroxylation sites is 1. The number of ether oxygens (including phenoxy) is 1. The third-order valence-electron chi connectivity index (χ3n) is 9.34. The molecule has 4 aromatic rings. The molecule has 3 heterocycles. The quantitative estimate of drug-likeness (QED) is 0.236. The topological polar surface area (TPSA) is 105 Å². The van der Waals surface area contributed by atoms with Crippen molar-refractivity contribution in [2.45, 2.75) is 44.2 Å². The average Bonchev–Trinajstić information content (AvgIpc) is 3.51. The first-order valence-electron chi connectivity index (χ1n) is 16.2. The second-order valence-corrected chi connectivity index (χ2v) is 13.4. The molecule has 2 aliphatic heterocycles. The van der Waals surface area contributed by atoms with Gasteiger partial charge >= 0.3 is 6.03 Å². The number of fused-ring (bicyclic) bond motifs is 2. The average molecular weight is 653 g/mol. The minimum Gasteiger partial charge on any atom is -0.490 e. The van der Waals surface area contributed by atoms with Gasteiger partial charge in [-0.25, -0.2) is 4.79 Å². The first-order valence-corrected chi connectivity index (χ1v) is 16.6. The molecule has 6 rings (SSSR count). The molecule has 0 spiro atoms. The van der Waals surface area contributed by atoms with Crippen molar-refractivity contribution in [2.24, 2.45) is 5.92 Å². The number of carbonyl (C=O) groups is 2. The number of nitrogens with zero attached hydrogens (tertiary/aromatic N) is 4. The lowest BCUT2D eigenvalue weighted by Crippen LogP contribution is -2.57. The molecule has 47 heavy (non-hydrogen) atoms. The molecular weight excluding hydrogens is 612 g/mol. The van der Waals surface area contributed by atoms with Crippen LogP contribution in [0, 0.1) is 17.2 Å². The summed E-state index contributed by atoms with van der Waals surface area (Å²) in [6.07, 6.45) is 4.06. The van der Waals surface area contributed by atoms with E-state index in [1.54, 1.807) is 29.2 Å². The summed E-state index contributed by atoms with van der Waals surface area (Å²) < 4.78 is 6.14. The van der Waals surface area contributed by atoms with Crippen LogP contribution in [0.1, 0.15) is 42.4 Å². The van der Waals surface area contributed by atoms with Gasteiger partial charge in [-0.2, -0.15) is 5.26 Å². The van der Waals surface area contributed by atoms with E-state index in [1.165, 1.54) is 0 Å². The number of piperidine rings is 1. The zero-order chi connectivity index (χ0) is 33.1. The van der Waals surface area contributed by atoms with Crippen LogP contribution in [-0.2, 0) is 11.2 Å². The highest BCUT2D eigenvalue weighted by atomic mass is 35.5. The minimum absolute atomic E-state index is 0.0418. The van der Waals surface area contributed by atoms with Gasteiger partial charge in [-0.3, -0.25) is 4.79 Å². The van der Waals surface area contributed by atoms with Crippen LogP contribution in [0.15, 0.2) is 72.9 Å². The lowest BCUT2D eigenvalue weighted by Gasteiger charge is -2.39. The normalized spacial score (nSPS) is 18.0. The number of rotatable bonds is 8. The van der Waals surface area contributed by atoms with E-state index in [9.17, 15) is 9.59 Å². The van der Waals surface area contributed by atoms with Crippen LogP contribution in [0.25, 0.3) is 10.9 Å². The Balaban J connectivity index is 1.23. The van der Waals surface area contributed by atoms with E-state index in [2.05, 4.69) is 21.3 Å². The monoisotopic (exact) mass is 652 g/mol. The predicted octanol–water partition coefficient (Wildman–Crippen LogP) is 6.19. The molecule has 0 bridgehead atoms. The van der Waals surface area contributed by atoms with Gasteiger partial charge in [0.25, 0.3) is 0 Å². The van der Waals surface area contributed by atoms with Crippen molar-refractivity contribution in [2.75, 3.05) is 45.2 Å². The molecule has 0 radical (unpaired) electrons. The summed E-state index contributed by atoms with van der Waals surface area (Å²) in [5.41, 5.74) is 4.44. The number of aromatic amines is 1. The second kappa shape index (κ2) is 14.1. The van der Waals surface area contributed by atoms with Gasteiger partial charge in [0.05, 0.1) is 11.6 Å². The summed E-state index contributed by atoms with van der Waals surface area (Å²) in [5.74, 6) is 0.475. The third-order valence-corrected chi connectivity index (χ3v) is 9.58. The fourth-order valence-electron chi connectivity index (χ4n) is 6.98.